The van der Waals surface area contributed by atoms with Crippen molar-refractivity contribution < 1.29 is 14.3 Å². The molecule has 5 nitrogen and oxygen atoms in total. The molecule has 1 aliphatic heterocycles. The molecule has 5 heteroatoms. The molecule has 0 spiro atoms. The van der Waals surface area contributed by atoms with Gasteiger partial charge in [-0.1, -0.05) is 48.5 Å². The third-order valence-corrected chi connectivity index (χ3v) is 4.97. The number of carbonyl (C=O) groups is 1. The third-order valence-electron chi connectivity index (χ3n) is 4.97. The van der Waals surface area contributed by atoms with E-state index in [4.69, 9.17) is 9.47 Å². The van der Waals surface area contributed by atoms with E-state index in [0.29, 0.717) is 5.76 Å². The van der Waals surface area contributed by atoms with E-state index in [2.05, 4.69) is 22.3 Å². The van der Waals surface area contributed by atoms with Crippen molar-refractivity contribution in [3.63, 3.8) is 0 Å². The summed E-state index contributed by atoms with van der Waals surface area (Å²) < 4.78 is 10.5. The maximum Gasteiger partial charge on any atom is 0.364 e. The number of benzene rings is 3. The van der Waals surface area contributed by atoms with E-state index >= 15 is 0 Å². The lowest BCUT2D eigenvalue weighted by atomic mass is 10.1. The largest absolute Gasteiger partial charge is 0.497 e. The first-order chi connectivity index (χ1) is 14.2. The van der Waals surface area contributed by atoms with Crippen LogP contribution >= 0.6 is 0 Å². The monoisotopic (exact) mass is 380 g/mol. The second kappa shape index (κ2) is 6.87. The van der Waals surface area contributed by atoms with Gasteiger partial charge in [-0.05, 0) is 35.4 Å². The molecule has 0 atom stereocenters. The molecule has 0 radical (unpaired) electrons. The highest BCUT2D eigenvalue weighted by atomic mass is 16.5. The first kappa shape index (κ1) is 17.1. The molecule has 0 fully saturated rings. The summed E-state index contributed by atoms with van der Waals surface area (Å²) in [6.45, 7) is 0. The number of esters is 1. The van der Waals surface area contributed by atoms with Crippen molar-refractivity contribution in [3.8, 4) is 16.9 Å². The molecule has 3 aromatic rings. The molecule has 0 amide bonds. The van der Waals surface area contributed by atoms with Crippen molar-refractivity contribution in [1.29, 1.82) is 0 Å². The van der Waals surface area contributed by atoms with Gasteiger partial charge in [-0.2, -0.15) is 0 Å². The highest BCUT2D eigenvalue weighted by Gasteiger charge is 2.26. The van der Waals surface area contributed by atoms with Gasteiger partial charge in [-0.15, -0.1) is 10.2 Å². The van der Waals surface area contributed by atoms with Crippen LogP contribution in [-0.4, -0.2) is 24.5 Å². The quantitative estimate of drug-likeness (QED) is 0.389. The number of ether oxygens (including phenoxy) is 2. The Morgan fingerprint density at radius 1 is 0.759 bits per heavy atom. The summed E-state index contributed by atoms with van der Waals surface area (Å²) in [6, 6.07) is 23.4. The molecule has 2 aliphatic rings. The van der Waals surface area contributed by atoms with E-state index in [1.165, 1.54) is 0 Å². The number of hydrogen-bond acceptors (Lipinski definition) is 5. The van der Waals surface area contributed by atoms with Gasteiger partial charge in [0.05, 0.1) is 7.11 Å². The molecule has 1 heterocycles. The van der Waals surface area contributed by atoms with Crippen molar-refractivity contribution in [1.82, 2.24) is 0 Å². The Balaban J connectivity index is 1.53. The van der Waals surface area contributed by atoms with Crippen LogP contribution in [0, 0.1) is 0 Å². The number of cyclic esters (lactones) is 1. The Labute approximate surface area is 167 Å². The van der Waals surface area contributed by atoms with Crippen LogP contribution in [0.3, 0.4) is 0 Å². The number of carbonyl (C=O) groups excluding carboxylic acids is 1. The lowest BCUT2D eigenvalue weighted by molar-refractivity contribution is -0.128. The maximum absolute atomic E-state index is 12.3. The topological polar surface area (TPSA) is 60.2 Å². The van der Waals surface area contributed by atoms with Crippen LogP contribution in [0.4, 0.5) is 0 Å². The van der Waals surface area contributed by atoms with Gasteiger partial charge in [0.1, 0.15) is 17.2 Å². The van der Waals surface area contributed by atoms with E-state index < -0.39 is 5.97 Å². The van der Waals surface area contributed by atoms with Crippen molar-refractivity contribution >= 4 is 23.2 Å². The molecule has 5 rings (SSSR count). The van der Waals surface area contributed by atoms with E-state index in [1.54, 1.807) is 13.2 Å². The molecular formula is C24H16N2O3. The summed E-state index contributed by atoms with van der Waals surface area (Å²) >= 11 is 0. The van der Waals surface area contributed by atoms with Gasteiger partial charge in [-0.3, -0.25) is 0 Å². The van der Waals surface area contributed by atoms with Gasteiger partial charge < -0.3 is 9.47 Å². The van der Waals surface area contributed by atoms with Crippen molar-refractivity contribution in [3.05, 3.63) is 95.6 Å². The zero-order valence-electron chi connectivity index (χ0n) is 15.6. The van der Waals surface area contributed by atoms with E-state index in [-0.39, 0.29) is 5.71 Å². The first-order valence-electron chi connectivity index (χ1n) is 9.18. The van der Waals surface area contributed by atoms with Crippen LogP contribution in [0.25, 0.3) is 16.9 Å². The molecule has 0 unspecified atom stereocenters. The molecule has 0 saturated heterocycles. The number of fused-ring (bicyclic) bond motifs is 3. The van der Waals surface area contributed by atoms with E-state index in [0.717, 1.165) is 39.3 Å². The highest BCUT2D eigenvalue weighted by Crippen LogP contribution is 2.36. The van der Waals surface area contributed by atoms with Crippen LogP contribution in [0.5, 0.6) is 5.75 Å². The molecule has 140 valence electrons. The molecular weight excluding hydrogens is 364 g/mol. The Bertz CT molecular complexity index is 1170. The Morgan fingerprint density at radius 3 is 1.93 bits per heavy atom. The van der Waals surface area contributed by atoms with Gasteiger partial charge in [0.2, 0.25) is 0 Å². The predicted octanol–water partition coefficient (Wildman–Crippen LogP) is 4.47. The normalized spacial score (nSPS) is 15.6. The number of nitrogens with zero attached hydrogens (tertiary/aromatic N) is 2. The van der Waals surface area contributed by atoms with Gasteiger partial charge >= 0.3 is 5.97 Å². The second-order valence-corrected chi connectivity index (χ2v) is 6.65. The van der Waals surface area contributed by atoms with Crippen LogP contribution in [0.15, 0.2) is 89.1 Å². The summed E-state index contributed by atoms with van der Waals surface area (Å²) in [6.07, 6.45) is 1.61. The molecule has 0 aromatic heterocycles. The molecule has 0 N–H and O–H groups in total. The fourth-order valence-electron chi connectivity index (χ4n) is 3.54. The fraction of sp³-hybridized carbons (Fsp3) is 0.0417. The first-order valence-corrected chi connectivity index (χ1v) is 9.18. The van der Waals surface area contributed by atoms with Gasteiger partial charge in [-0.25, -0.2) is 4.79 Å². The summed E-state index contributed by atoms with van der Waals surface area (Å²) in [7, 11) is 1.60. The third kappa shape index (κ3) is 2.93. The van der Waals surface area contributed by atoms with Gasteiger partial charge in [0.15, 0.2) is 5.71 Å². The van der Waals surface area contributed by atoms with Crippen molar-refractivity contribution in [2.75, 3.05) is 7.11 Å². The Hall–Kier alpha value is -3.99. The smallest absolute Gasteiger partial charge is 0.364 e. The minimum absolute atomic E-state index is 0.171. The minimum atomic E-state index is -0.514. The molecule has 29 heavy (non-hydrogen) atoms. The van der Waals surface area contributed by atoms with Crippen LogP contribution in [0.2, 0.25) is 0 Å². The molecule has 1 aliphatic carbocycles. The zero-order chi connectivity index (χ0) is 19.8. The number of methoxy groups -OCH3 is 1. The minimum Gasteiger partial charge on any atom is -0.497 e. The Kier molecular flexibility index (Phi) is 4.06. The van der Waals surface area contributed by atoms with Crippen LogP contribution in [0.1, 0.15) is 16.7 Å². The lowest BCUT2D eigenvalue weighted by Gasteiger charge is -2.03. The highest BCUT2D eigenvalue weighted by molar-refractivity contribution is 6.45. The van der Waals surface area contributed by atoms with Gasteiger partial charge in [0.25, 0.3) is 0 Å². The molecule has 0 bridgehead atoms. The standard InChI is InChI=1S/C24H16N2O3/c1-28-16-12-10-15(11-13-16)22-14-21(24(27)29-22)25-26-23-19-8-4-2-6-17(19)18-7-3-5-9-20(18)23/h2-14H,1H3. The summed E-state index contributed by atoms with van der Waals surface area (Å²) in [4.78, 5) is 12.3. The van der Waals surface area contributed by atoms with E-state index in [9.17, 15) is 4.79 Å². The summed E-state index contributed by atoms with van der Waals surface area (Å²) in [5.41, 5.74) is 5.94. The van der Waals surface area contributed by atoms with E-state index in [1.807, 2.05) is 60.7 Å². The Morgan fingerprint density at radius 2 is 1.34 bits per heavy atom. The second-order valence-electron chi connectivity index (χ2n) is 6.65. The molecule has 0 saturated carbocycles. The lowest BCUT2D eigenvalue weighted by Crippen LogP contribution is -2.07. The SMILES string of the molecule is COc1ccc(C2=CC(=NN=C3c4ccccc4-c4ccccc43)C(=O)O2)cc1. The summed E-state index contributed by atoms with van der Waals surface area (Å²) in [5, 5.41) is 8.66. The predicted molar refractivity (Wildman–Crippen MR) is 112 cm³/mol. The number of rotatable bonds is 3. The number of hydrogen-bond donors (Lipinski definition) is 0. The zero-order valence-corrected chi connectivity index (χ0v) is 15.6. The van der Waals surface area contributed by atoms with Crippen molar-refractivity contribution in [2.24, 2.45) is 10.2 Å². The average molecular weight is 380 g/mol. The maximum atomic E-state index is 12.3. The van der Waals surface area contributed by atoms with Gasteiger partial charge in [0, 0.05) is 22.8 Å². The summed E-state index contributed by atoms with van der Waals surface area (Å²) in [5.74, 6) is 0.668. The fourth-order valence-corrected chi connectivity index (χ4v) is 3.54. The van der Waals surface area contributed by atoms with Crippen molar-refractivity contribution in [2.45, 2.75) is 0 Å². The molecule has 3 aromatic carbocycles. The average Bonchev–Trinajstić information content (AvgIpc) is 3.30. The van der Waals surface area contributed by atoms with Crippen LogP contribution < -0.4 is 4.74 Å². The van der Waals surface area contributed by atoms with Crippen LogP contribution in [-0.2, 0) is 9.53 Å².